The van der Waals surface area contributed by atoms with E-state index in [2.05, 4.69) is 15.6 Å². The zero-order chi connectivity index (χ0) is 18.9. The number of aliphatic imine (C=N–C) groups is 1. The van der Waals surface area contributed by atoms with Gasteiger partial charge in [0, 0.05) is 39.3 Å². The fourth-order valence-electron chi connectivity index (χ4n) is 2.54. The average molecular weight is 356 g/mol. The van der Waals surface area contributed by atoms with E-state index in [1.807, 2.05) is 43.1 Å². The van der Waals surface area contributed by atoms with Gasteiger partial charge in [-0.25, -0.2) is 4.39 Å². The molecule has 0 heterocycles. The fourth-order valence-corrected chi connectivity index (χ4v) is 2.54. The molecule has 6 heteroatoms. The van der Waals surface area contributed by atoms with Gasteiger partial charge in [-0.3, -0.25) is 9.79 Å². The van der Waals surface area contributed by atoms with Gasteiger partial charge in [-0.2, -0.15) is 0 Å². The van der Waals surface area contributed by atoms with Gasteiger partial charge in [-0.05, 0) is 42.3 Å². The van der Waals surface area contributed by atoms with Crippen LogP contribution in [0.4, 0.5) is 4.39 Å². The van der Waals surface area contributed by atoms with Crippen LogP contribution in [0.15, 0.2) is 53.5 Å². The van der Waals surface area contributed by atoms with E-state index in [9.17, 15) is 9.18 Å². The van der Waals surface area contributed by atoms with Crippen molar-refractivity contribution in [3.63, 3.8) is 0 Å². The first-order valence-electron chi connectivity index (χ1n) is 8.57. The summed E-state index contributed by atoms with van der Waals surface area (Å²) >= 11 is 0. The van der Waals surface area contributed by atoms with Crippen LogP contribution in [0, 0.1) is 5.82 Å². The molecule has 0 spiro atoms. The fraction of sp³-hybridized carbons (Fsp3) is 0.300. The van der Waals surface area contributed by atoms with Crippen molar-refractivity contribution < 1.29 is 9.18 Å². The van der Waals surface area contributed by atoms with Crippen LogP contribution in [0.1, 0.15) is 28.4 Å². The molecular weight excluding hydrogens is 331 g/mol. The minimum Gasteiger partial charge on any atom is -0.352 e. The van der Waals surface area contributed by atoms with Crippen LogP contribution in [0.3, 0.4) is 0 Å². The summed E-state index contributed by atoms with van der Waals surface area (Å²) < 4.78 is 13.0. The Bertz CT molecular complexity index is 741. The van der Waals surface area contributed by atoms with E-state index < -0.39 is 0 Å². The maximum atomic E-state index is 13.0. The second-order valence-corrected chi connectivity index (χ2v) is 5.94. The Balaban J connectivity index is 1.91. The number of carbonyl (C=O) groups is 1. The highest BCUT2D eigenvalue weighted by Crippen LogP contribution is 2.07. The zero-order valence-electron chi connectivity index (χ0n) is 15.4. The van der Waals surface area contributed by atoms with E-state index >= 15 is 0 Å². The minimum absolute atomic E-state index is 0.0677. The highest BCUT2D eigenvalue weighted by molar-refractivity contribution is 5.94. The number of guanidine groups is 1. The number of benzene rings is 2. The largest absolute Gasteiger partial charge is 0.352 e. The number of carbonyl (C=O) groups excluding carboxylic acids is 1. The lowest BCUT2D eigenvalue weighted by Crippen LogP contribution is -2.38. The zero-order valence-corrected chi connectivity index (χ0v) is 15.4. The van der Waals surface area contributed by atoms with E-state index in [-0.39, 0.29) is 11.7 Å². The van der Waals surface area contributed by atoms with Gasteiger partial charge in [-0.1, -0.05) is 24.3 Å². The molecule has 0 radical (unpaired) electrons. The lowest BCUT2D eigenvalue weighted by molar-refractivity contribution is 0.0956. The summed E-state index contributed by atoms with van der Waals surface area (Å²) in [5, 5.41) is 6.07. The van der Waals surface area contributed by atoms with Crippen molar-refractivity contribution in [2.75, 3.05) is 20.6 Å². The van der Waals surface area contributed by atoms with Crippen LogP contribution in [-0.4, -0.2) is 37.4 Å². The molecule has 26 heavy (non-hydrogen) atoms. The Kier molecular flexibility index (Phi) is 7.14. The molecule has 2 aromatic carbocycles. The molecule has 0 aliphatic carbocycles. The van der Waals surface area contributed by atoms with Crippen molar-refractivity contribution in [1.29, 1.82) is 0 Å². The molecule has 0 fully saturated rings. The number of hydrogen-bond acceptors (Lipinski definition) is 2. The second kappa shape index (κ2) is 9.56. The monoisotopic (exact) mass is 356 g/mol. The number of hydrogen-bond donors (Lipinski definition) is 2. The molecular formula is C20H25FN4O. The van der Waals surface area contributed by atoms with Gasteiger partial charge in [-0.15, -0.1) is 0 Å². The summed E-state index contributed by atoms with van der Waals surface area (Å²) in [6, 6.07) is 13.9. The quantitative estimate of drug-likeness (QED) is 0.618. The molecule has 1 amide bonds. The SMILES string of the molecule is CCNC(=O)c1ccc(CNC(=NC)N(C)Cc2ccc(F)cc2)cc1. The maximum Gasteiger partial charge on any atom is 0.251 e. The third kappa shape index (κ3) is 5.58. The van der Waals surface area contributed by atoms with Crippen molar-refractivity contribution in [3.05, 3.63) is 71.0 Å². The highest BCUT2D eigenvalue weighted by Gasteiger charge is 2.08. The van der Waals surface area contributed by atoms with Gasteiger partial charge in [0.2, 0.25) is 0 Å². The number of nitrogens with zero attached hydrogens (tertiary/aromatic N) is 2. The molecule has 0 saturated heterocycles. The summed E-state index contributed by atoms with van der Waals surface area (Å²) in [4.78, 5) is 18.0. The topological polar surface area (TPSA) is 56.7 Å². The Hall–Kier alpha value is -2.89. The predicted molar refractivity (Wildman–Crippen MR) is 103 cm³/mol. The van der Waals surface area contributed by atoms with Gasteiger partial charge in [0.15, 0.2) is 5.96 Å². The third-order valence-electron chi connectivity index (χ3n) is 3.91. The molecule has 5 nitrogen and oxygen atoms in total. The van der Waals surface area contributed by atoms with Crippen LogP contribution in [-0.2, 0) is 13.1 Å². The first-order valence-corrected chi connectivity index (χ1v) is 8.57. The van der Waals surface area contributed by atoms with Gasteiger partial charge in [0.25, 0.3) is 5.91 Å². The standard InChI is InChI=1S/C20H25FN4O/c1-4-23-19(26)17-9-5-15(6-10-17)13-24-20(22-2)25(3)14-16-7-11-18(21)12-8-16/h5-12H,4,13-14H2,1-3H3,(H,22,24)(H,23,26). The lowest BCUT2D eigenvalue weighted by atomic mass is 10.1. The number of halogens is 1. The molecule has 0 aliphatic rings. The van der Waals surface area contributed by atoms with Gasteiger partial charge in [0.1, 0.15) is 5.82 Å². The summed E-state index contributed by atoms with van der Waals surface area (Å²) in [6.07, 6.45) is 0. The predicted octanol–water partition coefficient (Wildman–Crippen LogP) is 2.78. The molecule has 2 aromatic rings. The van der Waals surface area contributed by atoms with E-state index in [0.717, 1.165) is 17.1 Å². The van der Waals surface area contributed by atoms with Crippen molar-refractivity contribution >= 4 is 11.9 Å². The maximum absolute atomic E-state index is 13.0. The van der Waals surface area contributed by atoms with Crippen LogP contribution < -0.4 is 10.6 Å². The van der Waals surface area contributed by atoms with Crippen molar-refractivity contribution in [2.24, 2.45) is 4.99 Å². The molecule has 0 atom stereocenters. The molecule has 0 aliphatic heterocycles. The number of nitrogens with one attached hydrogen (secondary N) is 2. The molecule has 0 aromatic heterocycles. The number of rotatable bonds is 6. The molecule has 2 rings (SSSR count). The first kappa shape index (κ1) is 19.4. The minimum atomic E-state index is -0.241. The van der Waals surface area contributed by atoms with Crippen molar-refractivity contribution in [3.8, 4) is 0 Å². The molecule has 138 valence electrons. The van der Waals surface area contributed by atoms with Crippen molar-refractivity contribution in [1.82, 2.24) is 15.5 Å². The van der Waals surface area contributed by atoms with Crippen molar-refractivity contribution in [2.45, 2.75) is 20.0 Å². The molecule has 2 N–H and O–H groups in total. The Morgan fingerprint density at radius 2 is 1.65 bits per heavy atom. The first-order chi connectivity index (χ1) is 12.5. The normalized spacial score (nSPS) is 11.2. The lowest BCUT2D eigenvalue weighted by Gasteiger charge is -2.22. The van der Waals surface area contributed by atoms with Crippen LogP contribution >= 0.6 is 0 Å². The molecule has 0 bridgehead atoms. The van der Waals surface area contributed by atoms with E-state index in [1.54, 1.807) is 19.2 Å². The van der Waals surface area contributed by atoms with E-state index in [1.165, 1.54) is 12.1 Å². The Morgan fingerprint density at radius 1 is 1.04 bits per heavy atom. The summed E-state index contributed by atoms with van der Waals surface area (Å²) in [5.74, 6) is 0.430. The van der Waals surface area contributed by atoms with Gasteiger partial charge in [0.05, 0.1) is 0 Å². The van der Waals surface area contributed by atoms with E-state index in [0.29, 0.717) is 25.2 Å². The van der Waals surface area contributed by atoms with Gasteiger partial charge < -0.3 is 15.5 Å². The highest BCUT2D eigenvalue weighted by atomic mass is 19.1. The Labute approximate surface area is 153 Å². The third-order valence-corrected chi connectivity index (χ3v) is 3.91. The molecule has 0 unspecified atom stereocenters. The summed E-state index contributed by atoms with van der Waals surface area (Å²) in [6.45, 7) is 3.72. The van der Waals surface area contributed by atoms with Crippen LogP contribution in [0.2, 0.25) is 0 Å². The average Bonchev–Trinajstić information content (AvgIpc) is 2.65. The number of amides is 1. The van der Waals surface area contributed by atoms with Crippen LogP contribution in [0.5, 0.6) is 0 Å². The van der Waals surface area contributed by atoms with Gasteiger partial charge >= 0.3 is 0 Å². The summed E-state index contributed by atoms with van der Waals surface area (Å²) in [7, 11) is 3.65. The summed E-state index contributed by atoms with van der Waals surface area (Å²) in [5.41, 5.74) is 2.70. The second-order valence-electron chi connectivity index (χ2n) is 5.94. The van der Waals surface area contributed by atoms with E-state index in [4.69, 9.17) is 0 Å². The Morgan fingerprint density at radius 3 is 2.23 bits per heavy atom. The molecule has 0 saturated carbocycles. The van der Waals surface area contributed by atoms with Crippen LogP contribution in [0.25, 0.3) is 0 Å². The smallest absolute Gasteiger partial charge is 0.251 e.